The van der Waals surface area contributed by atoms with Crippen LogP contribution in [0.4, 0.5) is 11.4 Å². The average Bonchev–Trinajstić information content (AvgIpc) is 2.39. The number of carbonyl (C=O) groups excluding carboxylic acids is 1. The summed E-state index contributed by atoms with van der Waals surface area (Å²) in [5.74, 6) is 0.883. The van der Waals surface area contributed by atoms with E-state index in [0.717, 1.165) is 13.1 Å². The Kier molecular flexibility index (Phi) is 7.16. The minimum Gasteiger partial charge on any atom is -0.325 e. The molecule has 1 N–H and O–H groups in total. The standard InChI is InChI=1S/C17H27N3O3/c1-12(2)9-19(10-13(3)4)11-17(21)18-16-7-6-15(20(22)23)8-14(16)5/h6-8,12-13H,9-11H2,1-5H3,(H,18,21). The molecule has 0 aliphatic carbocycles. The van der Waals surface area contributed by atoms with Gasteiger partial charge in [0.05, 0.1) is 11.5 Å². The highest BCUT2D eigenvalue weighted by Gasteiger charge is 2.15. The van der Waals surface area contributed by atoms with Crippen molar-refractivity contribution >= 4 is 17.3 Å². The Labute approximate surface area is 138 Å². The first-order valence-corrected chi connectivity index (χ1v) is 7.96. The SMILES string of the molecule is Cc1cc([N+](=O)[O-])ccc1NC(=O)CN(CC(C)C)CC(C)C. The molecule has 1 aromatic rings. The van der Waals surface area contributed by atoms with Crippen LogP contribution in [0.15, 0.2) is 18.2 Å². The predicted molar refractivity (Wildman–Crippen MR) is 92.6 cm³/mol. The highest BCUT2D eigenvalue weighted by molar-refractivity contribution is 5.93. The summed E-state index contributed by atoms with van der Waals surface area (Å²) in [6.45, 7) is 12.3. The molecule has 128 valence electrons. The Bertz CT molecular complexity index is 546. The van der Waals surface area contributed by atoms with Crippen LogP contribution in [-0.2, 0) is 4.79 Å². The van der Waals surface area contributed by atoms with E-state index in [1.807, 2.05) is 0 Å². The number of benzene rings is 1. The molecule has 0 spiro atoms. The summed E-state index contributed by atoms with van der Waals surface area (Å²) in [7, 11) is 0. The second-order valence-electron chi connectivity index (χ2n) is 6.79. The quantitative estimate of drug-likeness (QED) is 0.588. The largest absolute Gasteiger partial charge is 0.325 e. The van der Waals surface area contributed by atoms with Crippen molar-refractivity contribution in [3.8, 4) is 0 Å². The van der Waals surface area contributed by atoms with Crippen LogP contribution >= 0.6 is 0 Å². The van der Waals surface area contributed by atoms with Crippen molar-refractivity contribution in [2.24, 2.45) is 11.8 Å². The maximum atomic E-state index is 12.3. The molecule has 0 fully saturated rings. The number of non-ortho nitro benzene ring substituents is 1. The van der Waals surface area contributed by atoms with Gasteiger partial charge in [0, 0.05) is 30.9 Å². The van der Waals surface area contributed by atoms with Crippen molar-refractivity contribution in [1.82, 2.24) is 4.90 Å². The Hall–Kier alpha value is -1.95. The van der Waals surface area contributed by atoms with Crippen LogP contribution in [0, 0.1) is 28.9 Å². The van der Waals surface area contributed by atoms with E-state index in [9.17, 15) is 14.9 Å². The molecule has 0 heterocycles. The van der Waals surface area contributed by atoms with Gasteiger partial charge in [0.1, 0.15) is 0 Å². The smallest absolute Gasteiger partial charge is 0.269 e. The first-order valence-electron chi connectivity index (χ1n) is 7.96. The van der Waals surface area contributed by atoms with Crippen LogP contribution in [0.3, 0.4) is 0 Å². The molecule has 6 heteroatoms. The van der Waals surface area contributed by atoms with Gasteiger partial charge in [0.15, 0.2) is 0 Å². The molecule has 1 rings (SSSR count). The zero-order valence-corrected chi connectivity index (χ0v) is 14.6. The van der Waals surface area contributed by atoms with E-state index in [1.165, 1.54) is 12.1 Å². The van der Waals surface area contributed by atoms with Gasteiger partial charge >= 0.3 is 0 Å². The van der Waals surface area contributed by atoms with Gasteiger partial charge in [-0.25, -0.2) is 0 Å². The third-order valence-corrected chi connectivity index (χ3v) is 3.31. The Balaban J connectivity index is 2.72. The van der Waals surface area contributed by atoms with Crippen molar-refractivity contribution in [2.75, 3.05) is 25.0 Å². The van der Waals surface area contributed by atoms with Crippen molar-refractivity contribution < 1.29 is 9.72 Å². The number of aryl methyl sites for hydroxylation is 1. The van der Waals surface area contributed by atoms with Gasteiger partial charge in [-0.3, -0.25) is 19.8 Å². The van der Waals surface area contributed by atoms with Crippen molar-refractivity contribution in [2.45, 2.75) is 34.6 Å². The van der Waals surface area contributed by atoms with Gasteiger partial charge in [-0.2, -0.15) is 0 Å². The lowest BCUT2D eigenvalue weighted by Gasteiger charge is -2.25. The van der Waals surface area contributed by atoms with Crippen LogP contribution < -0.4 is 5.32 Å². The molecule has 1 amide bonds. The molecule has 0 unspecified atom stereocenters. The fourth-order valence-electron chi connectivity index (χ4n) is 2.53. The summed E-state index contributed by atoms with van der Waals surface area (Å²) in [5.41, 5.74) is 1.34. The van der Waals surface area contributed by atoms with Gasteiger partial charge < -0.3 is 5.32 Å². The highest BCUT2D eigenvalue weighted by Crippen LogP contribution is 2.21. The van der Waals surface area contributed by atoms with Gasteiger partial charge in [0.25, 0.3) is 5.69 Å². The monoisotopic (exact) mass is 321 g/mol. The first-order chi connectivity index (χ1) is 10.7. The third-order valence-electron chi connectivity index (χ3n) is 3.31. The van der Waals surface area contributed by atoms with Crippen LogP contribution in [0.2, 0.25) is 0 Å². The molecule has 0 atom stereocenters. The summed E-state index contributed by atoms with van der Waals surface area (Å²) >= 11 is 0. The van der Waals surface area contributed by atoms with E-state index < -0.39 is 4.92 Å². The van der Waals surface area contributed by atoms with Gasteiger partial charge in [-0.1, -0.05) is 27.7 Å². The normalized spacial score (nSPS) is 11.3. The number of nitro benzene ring substituents is 1. The second-order valence-corrected chi connectivity index (χ2v) is 6.79. The molecule has 0 saturated carbocycles. The van der Waals surface area contributed by atoms with Gasteiger partial charge in [-0.05, 0) is 30.4 Å². The summed E-state index contributed by atoms with van der Waals surface area (Å²) < 4.78 is 0. The molecule has 0 radical (unpaired) electrons. The maximum absolute atomic E-state index is 12.3. The first kappa shape index (κ1) is 19.1. The maximum Gasteiger partial charge on any atom is 0.269 e. The number of hydrogen-bond acceptors (Lipinski definition) is 4. The molecule has 0 aromatic heterocycles. The van der Waals surface area contributed by atoms with E-state index in [-0.39, 0.29) is 11.6 Å². The van der Waals surface area contributed by atoms with Crippen LogP contribution in [0.25, 0.3) is 0 Å². The van der Waals surface area contributed by atoms with E-state index in [0.29, 0.717) is 29.6 Å². The Morgan fingerprint density at radius 1 is 1.22 bits per heavy atom. The molecular weight excluding hydrogens is 294 g/mol. The van der Waals surface area contributed by atoms with E-state index >= 15 is 0 Å². The van der Waals surface area contributed by atoms with Crippen LogP contribution in [-0.4, -0.2) is 35.4 Å². The number of anilines is 1. The fourth-order valence-corrected chi connectivity index (χ4v) is 2.53. The predicted octanol–water partition coefficient (Wildman–Crippen LogP) is 3.46. The average molecular weight is 321 g/mol. The fraction of sp³-hybridized carbons (Fsp3) is 0.588. The number of hydrogen-bond donors (Lipinski definition) is 1. The molecule has 0 aliphatic heterocycles. The molecular formula is C17H27N3O3. The number of nitrogens with zero attached hydrogens (tertiary/aromatic N) is 2. The molecule has 0 aliphatic rings. The van der Waals surface area contributed by atoms with E-state index in [4.69, 9.17) is 0 Å². The van der Waals surface area contributed by atoms with Crippen LogP contribution in [0.5, 0.6) is 0 Å². The van der Waals surface area contributed by atoms with Gasteiger partial charge in [-0.15, -0.1) is 0 Å². The minimum absolute atomic E-state index is 0.0294. The van der Waals surface area contributed by atoms with E-state index in [1.54, 1.807) is 13.0 Å². The van der Waals surface area contributed by atoms with Crippen molar-refractivity contribution in [1.29, 1.82) is 0 Å². The van der Waals surface area contributed by atoms with Crippen molar-refractivity contribution in [3.63, 3.8) is 0 Å². The summed E-state index contributed by atoms with van der Waals surface area (Å²) in [5, 5.41) is 13.6. The molecule has 0 saturated heterocycles. The summed E-state index contributed by atoms with van der Waals surface area (Å²) in [6, 6.07) is 4.46. The third kappa shape index (κ3) is 6.78. The second kappa shape index (κ2) is 8.62. The zero-order chi connectivity index (χ0) is 17.6. The molecule has 23 heavy (non-hydrogen) atoms. The molecule has 1 aromatic carbocycles. The number of rotatable bonds is 8. The van der Waals surface area contributed by atoms with Crippen LogP contribution in [0.1, 0.15) is 33.3 Å². The minimum atomic E-state index is -0.439. The summed E-state index contributed by atoms with van der Waals surface area (Å²) in [6.07, 6.45) is 0. The lowest BCUT2D eigenvalue weighted by Crippen LogP contribution is -2.38. The lowest BCUT2D eigenvalue weighted by molar-refractivity contribution is -0.384. The Morgan fingerprint density at radius 3 is 2.22 bits per heavy atom. The molecule has 0 bridgehead atoms. The highest BCUT2D eigenvalue weighted by atomic mass is 16.6. The van der Waals surface area contributed by atoms with Gasteiger partial charge in [0.2, 0.25) is 5.91 Å². The summed E-state index contributed by atoms with van der Waals surface area (Å²) in [4.78, 5) is 24.7. The Morgan fingerprint density at radius 2 is 1.78 bits per heavy atom. The number of carbonyl (C=O) groups is 1. The lowest BCUT2D eigenvalue weighted by atomic mass is 10.1. The van der Waals surface area contributed by atoms with E-state index in [2.05, 4.69) is 37.9 Å². The number of amides is 1. The zero-order valence-electron chi connectivity index (χ0n) is 14.6. The number of nitrogens with one attached hydrogen (secondary N) is 1. The molecule has 6 nitrogen and oxygen atoms in total. The number of nitro groups is 1. The van der Waals surface area contributed by atoms with Crippen molar-refractivity contribution in [3.05, 3.63) is 33.9 Å². The topological polar surface area (TPSA) is 75.5 Å².